The van der Waals surface area contributed by atoms with Gasteiger partial charge >= 0.3 is 0 Å². The molecule has 0 aliphatic carbocycles. The lowest BCUT2D eigenvalue weighted by Crippen LogP contribution is -2.38. The molecule has 17 heavy (non-hydrogen) atoms. The number of thioether (sulfide) groups is 1. The summed E-state index contributed by atoms with van der Waals surface area (Å²) in [6.07, 6.45) is 1.18. The van der Waals surface area contributed by atoms with Crippen LogP contribution in [-0.4, -0.2) is 29.1 Å². The predicted octanol–water partition coefficient (Wildman–Crippen LogP) is 2.59. The van der Waals surface area contributed by atoms with E-state index in [1.54, 1.807) is 0 Å². The normalized spacial score (nSPS) is 20.1. The highest BCUT2D eigenvalue weighted by Gasteiger charge is 2.22. The van der Waals surface area contributed by atoms with Gasteiger partial charge in [-0.25, -0.2) is 4.98 Å². The Bertz CT molecular complexity index is 439. The van der Waals surface area contributed by atoms with Gasteiger partial charge in [0.15, 0.2) is 0 Å². The minimum atomic E-state index is 0.664. The topological polar surface area (TPSA) is 39.9 Å². The third kappa shape index (κ3) is 2.73. The van der Waals surface area contributed by atoms with Crippen molar-refractivity contribution in [3.8, 4) is 6.07 Å². The predicted molar refractivity (Wildman–Crippen MR) is 72.4 cm³/mol. The first-order valence-electron chi connectivity index (χ1n) is 5.99. The highest BCUT2D eigenvalue weighted by molar-refractivity contribution is 8.00. The van der Waals surface area contributed by atoms with E-state index in [2.05, 4.69) is 22.9 Å². The Morgan fingerprint density at radius 3 is 3.12 bits per heavy atom. The maximum atomic E-state index is 9.14. The van der Waals surface area contributed by atoms with Gasteiger partial charge in [-0.2, -0.15) is 17.0 Å². The molecule has 0 bridgehead atoms. The number of hydrogen-bond acceptors (Lipinski definition) is 4. The smallest absolute Gasteiger partial charge is 0.146 e. The summed E-state index contributed by atoms with van der Waals surface area (Å²) >= 11 is 2.03. The number of rotatable bonds is 2. The van der Waals surface area contributed by atoms with Crippen molar-refractivity contribution < 1.29 is 0 Å². The maximum Gasteiger partial charge on any atom is 0.146 e. The lowest BCUT2D eigenvalue weighted by atomic mass is 10.2. The summed E-state index contributed by atoms with van der Waals surface area (Å²) in [5.41, 5.74) is 1.67. The van der Waals surface area contributed by atoms with Crippen molar-refractivity contribution in [1.82, 2.24) is 4.98 Å². The van der Waals surface area contributed by atoms with Crippen molar-refractivity contribution in [3.63, 3.8) is 0 Å². The van der Waals surface area contributed by atoms with Gasteiger partial charge in [0.2, 0.25) is 0 Å². The molecule has 0 spiro atoms. The van der Waals surface area contributed by atoms with E-state index < -0.39 is 0 Å². The standard InChI is InChI=1S/C13H17N3S/c1-3-12-9-16(6-7-17-12)13-11(8-14)5-4-10(2)15-13/h4-5,12H,3,6-7,9H2,1-2H3. The van der Waals surface area contributed by atoms with E-state index in [0.29, 0.717) is 10.8 Å². The van der Waals surface area contributed by atoms with Crippen LogP contribution in [-0.2, 0) is 0 Å². The SMILES string of the molecule is CCC1CN(c2nc(C)ccc2C#N)CCS1. The molecule has 0 saturated carbocycles. The first-order chi connectivity index (χ1) is 8.24. The number of anilines is 1. The number of pyridine rings is 1. The third-order valence-electron chi connectivity index (χ3n) is 3.03. The van der Waals surface area contributed by atoms with E-state index in [4.69, 9.17) is 5.26 Å². The van der Waals surface area contributed by atoms with Gasteiger partial charge in [0.25, 0.3) is 0 Å². The van der Waals surface area contributed by atoms with Crippen LogP contribution in [0.3, 0.4) is 0 Å². The van der Waals surface area contributed by atoms with E-state index in [9.17, 15) is 0 Å². The van der Waals surface area contributed by atoms with Crippen LogP contribution in [0.25, 0.3) is 0 Å². The zero-order chi connectivity index (χ0) is 12.3. The van der Waals surface area contributed by atoms with Crippen LogP contribution in [0.1, 0.15) is 24.6 Å². The van der Waals surface area contributed by atoms with Gasteiger partial charge in [0, 0.05) is 29.8 Å². The fourth-order valence-corrected chi connectivity index (χ4v) is 3.21. The van der Waals surface area contributed by atoms with Gasteiger partial charge in [-0.15, -0.1) is 0 Å². The van der Waals surface area contributed by atoms with Crippen LogP contribution in [0.2, 0.25) is 0 Å². The third-order valence-corrected chi connectivity index (χ3v) is 4.40. The first kappa shape index (κ1) is 12.3. The average molecular weight is 247 g/mol. The van der Waals surface area contributed by atoms with Crippen molar-refractivity contribution >= 4 is 17.6 Å². The molecule has 1 aliphatic rings. The number of nitriles is 1. The zero-order valence-corrected chi connectivity index (χ0v) is 11.1. The monoisotopic (exact) mass is 247 g/mol. The second-order valence-corrected chi connectivity index (χ2v) is 5.69. The van der Waals surface area contributed by atoms with Crippen LogP contribution in [0.15, 0.2) is 12.1 Å². The largest absolute Gasteiger partial charge is 0.354 e. The Morgan fingerprint density at radius 1 is 1.59 bits per heavy atom. The maximum absolute atomic E-state index is 9.14. The van der Waals surface area contributed by atoms with Crippen molar-refractivity contribution in [3.05, 3.63) is 23.4 Å². The van der Waals surface area contributed by atoms with Crippen molar-refractivity contribution in [1.29, 1.82) is 5.26 Å². The molecule has 1 aliphatic heterocycles. The summed E-state index contributed by atoms with van der Waals surface area (Å²) in [6, 6.07) is 6.02. The lowest BCUT2D eigenvalue weighted by molar-refractivity contribution is 0.718. The molecule has 0 amide bonds. The van der Waals surface area contributed by atoms with Gasteiger partial charge in [0.05, 0.1) is 5.56 Å². The van der Waals surface area contributed by atoms with Gasteiger partial charge in [0.1, 0.15) is 11.9 Å². The van der Waals surface area contributed by atoms with E-state index in [1.165, 1.54) is 6.42 Å². The van der Waals surface area contributed by atoms with E-state index >= 15 is 0 Å². The average Bonchev–Trinajstić information content (AvgIpc) is 2.39. The summed E-state index contributed by atoms with van der Waals surface area (Å²) in [5, 5.41) is 9.81. The Balaban J connectivity index is 2.27. The Kier molecular flexibility index (Phi) is 3.90. The molecule has 0 radical (unpaired) electrons. The molecular formula is C13H17N3S. The van der Waals surface area contributed by atoms with Crippen LogP contribution in [0, 0.1) is 18.3 Å². The molecular weight excluding hydrogens is 230 g/mol. The Labute approximate surface area is 107 Å². The molecule has 1 aromatic heterocycles. The molecule has 1 unspecified atom stereocenters. The fraction of sp³-hybridized carbons (Fsp3) is 0.538. The van der Waals surface area contributed by atoms with Gasteiger partial charge in [-0.3, -0.25) is 0 Å². The quantitative estimate of drug-likeness (QED) is 0.805. The van der Waals surface area contributed by atoms with Crippen LogP contribution in [0.5, 0.6) is 0 Å². The number of hydrogen-bond donors (Lipinski definition) is 0. The lowest BCUT2D eigenvalue weighted by Gasteiger charge is -2.33. The molecule has 90 valence electrons. The summed E-state index contributed by atoms with van der Waals surface area (Å²) in [7, 11) is 0. The number of aryl methyl sites for hydroxylation is 1. The summed E-state index contributed by atoms with van der Waals surface area (Å²) in [4.78, 5) is 6.79. The van der Waals surface area contributed by atoms with Crippen LogP contribution >= 0.6 is 11.8 Å². The number of nitrogens with zero attached hydrogens (tertiary/aromatic N) is 3. The molecule has 1 fully saturated rings. The van der Waals surface area contributed by atoms with Crippen molar-refractivity contribution in [2.45, 2.75) is 25.5 Å². The van der Waals surface area contributed by atoms with E-state index in [-0.39, 0.29) is 0 Å². The van der Waals surface area contributed by atoms with Crippen LogP contribution < -0.4 is 4.90 Å². The number of aromatic nitrogens is 1. The second-order valence-electron chi connectivity index (χ2n) is 4.28. The van der Waals surface area contributed by atoms with Crippen molar-refractivity contribution in [2.75, 3.05) is 23.7 Å². The Hall–Kier alpha value is -1.21. The Morgan fingerprint density at radius 2 is 2.41 bits per heavy atom. The molecule has 0 aromatic carbocycles. The van der Waals surface area contributed by atoms with Crippen LogP contribution in [0.4, 0.5) is 5.82 Å². The molecule has 1 saturated heterocycles. The summed E-state index contributed by atoms with van der Waals surface area (Å²) in [5.74, 6) is 1.99. The molecule has 1 aromatic rings. The summed E-state index contributed by atoms with van der Waals surface area (Å²) in [6.45, 7) is 6.19. The van der Waals surface area contributed by atoms with Gasteiger partial charge in [-0.1, -0.05) is 6.92 Å². The molecule has 2 heterocycles. The molecule has 4 heteroatoms. The highest BCUT2D eigenvalue weighted by Crippen LogP contribution is 2.26. The van der Waals surface area contributed by atoms with Gasteiger partial charge in [-0.05, 0) is 25.5 Å². The molecule has 2 rings (SSSR count). The molecule has 3 nitrogen and oxygen atoms in total. The first-order valence-corrected chi connectivity index (χ1v) is 7.03. The highest BCUT2D eigenvalue weighted by atomic mass is 32.2. The second kappa shape index (κ2) is 5.42. The van der Waals surface area contributed by atoms with Gasteiger partial charge < -0.3 is 4.90 Å². The minimum absolute atomic E-state index is 0.664. The molecule has 1 atom stereocenters. The molecule has 0 N–H and O–H groups in total. The minimum Gasteiger partial charge on any atom is -0.354 e. The zero-order valence-electron chi connectivity index (χ0n) is 10.3. The summed E-state index contributed by atoms with van der Waals surface area (Å²) < 4.78 is 0. The van der Waals surface area contributed by atoms with E-state index in [1.807, 2.05) is 30.8 Å². The fourth-order valence-electron chi connectivity index (χ4n) is 2.03. The van der Waals surface area contributed by atoms with E-state index in [0.717, 1.165) is 30.4 Å². The van der Waals surface area contributed by atoms with Crippen molar-refractivity contribution in [2.24, 2.45) is 0 Å².